The van der Waals surface area contributed by atoms with E-state index in [1.54, 1.807) is 19.3 Å². The fourth-order valence-corrected chi connectivity index (χ4v) is 3.37. The van der Waals surface area contributed by atoms with Gasteiger partial charge in [-0.1, -0.05) is 57.9 Å². The molecule has 3 rings (SSSR count). The molecule has 1 saturated heterocycles. The van der Waals surface area contributed by atoms with Crippen LogP contribution >= 0.6 is 0 Å². The molecule has 1 aromatic carbocycles. The second-order valence-corrected chi connectivity index (χ2v) is 8.46. The van der Waals surface area contributed by atoms with E-state index >= 15 is 0 Å². The van der Waals surface area contributed by atoms with Crippen molar-refractivity contribution in [3.63, 3.8) is 0 Å². The van der Waals surface area contributed by atoms with Gasteiger partial charge in [0.1, 0.15) is 12.3 Å². The topological polar surface area (TPSA) is 64.4 Å². The summed E-state index contributed by atoms with van der Waals surface area (Å²) in [6, 6.07) is 12.0. The largest absolute Gasteiger partial charge is 0.654 e. The van der Waals surface area contributed by atoms with Crippen LogP contribution in [0.2, 0.25) is 0 Å². The zero-order valence-electron chi connectivity index (χ0n) is 18.5. The van der Waals surface area contributed by atoms with Crippen LogP contribution in [-0.4, -0.2) is 36.7 Å². The van der Waals surface area contributed by atoms with Crippen LogP contribution in [0.15, 0.2) is 48.8 Å². The van der Waals surface area contributed by atoms with E-state index in [2.05, 4.69) is 55.3 Å². The Morgan fingerprint density at radius 3 is 2.30 bits per heavy atom. The molecule has 0 spiro atoms. The number of Topliss-reactive ketones (excluding diaryl/α,β-unsaturated/α-hetero) is 1. The molecule has 2 atom stereocenters. The number of rotatable bonds is 5. The van der Waals surface area contributed by atoms with Gasteiger partial charge in [0, 0.05) is 48.1 Å². The molecular formula is C24H32CrN3O2-. The predicted molar refractivity (Wildman–Crippen MR) is 119 cm³/mol. The van der Waals surface area contributed by atoms with E-state index in [0.717, 1.165) is 36.9 Å². The van der Waals surface area contributed by atoms with Gasteiger partial charge in [0.25, 0.3) is 0 Å². The molecule has 0 aliphatic carbocycles. The van der Waals surface area contributed by atoms with Crippen LogP contribution in [0.1, 0.15) is 57.7 Å². The van der Waals surface area contributed by atoms with Crippen molar-refractivity contribution in [1.82, 2.24) is 4.98 Å². The van der Waals surface area contributed by atoms with Gasteiger partial charge in [-0.2, -0.15) is 0 Å². The maximum Gasteiger partial charge on any atom is 0.156 e. The molecule has 2 aromatic rings. The average molecular weight is 447 g/mol. The number of anilines is 1. The van der Waals surface area contributed by atoms with Crippen LogP contribution in [0.4, 0.5) is 5.69 Å². The summed E-state index contributed by atoms with van der Waals surface area (Å²) in [5.74, 6) is 0.107. The third-order valence-electron chi connectivity index (χ3n) is 5.09. The maximum absolute atomic E-state index is 12.1. The van der Waals surface area contributed by atoms with Crippen molar-refractivity contribution in [2.45, 2.75) is 58.0 Å². The first kappa shape index (κ1) is 26.0. The fraction of sp³-hybridized carbons (Fsp3) is 0.458. The Balaban J connectivity index is 0.000000477. The minimum Gasteiger partial charge on any atom is -0.654 e. The van der Waals surface area contributed by atoms with Gasteiger partial charge in [0.2, 0.25) is 0 Å². The normalized spacial score (nSPS) is 16.5. The van der Waals surface area contributed by atoms with Gasteiger partial charge in [-0.05, 0) is 36.1 Å². The van der Waals surface area contributed by atoms with Gasteiger partial charge < -0.3 is 15.0 Å². The van der Waals surface area contributed by atoms with Crippen LogP contribution in [0.3, 0.4) is 0 Å². The Morgan fingerprint density at radius 2 is 1.90 bits per heavy atom. The number of carbonyl (C=O) groups excluding carboxylic acids is 2. The van der Waals surface area contributed by atoms with Crippen molar-refractivity contribution < 1.29 is 27.0 Å². The Bertz CT molecular complexity index is 782. The molecule has 30 heavy (non-hydrogen) atoms. The minimum atomic E-state index is -0.311. The van der Waals surface area contributed by atoms with Crippen molar-refractivity contribution in [1.29, 1.82) is 0 Å². The third kappa shape index (κ3) is 7.36. The number of ketones is 1. The van der Waals surface area contributed by atoms with Gasteiger partial charge in [0.15, 0.2) is 5.78 Å². The zero-order chi connectivity index (χ0) is 21.4. The summed E-state index contributed by atoms with van der Waals surface area (Å²) in [6.07, 6.45) is 6.48. The Kier molecular flexibility index (Phi) is 10.4. The van der Waals surface area contributed by atoms with E-state index in [9.17, 15) is 9.59 Å². The van der Waals surface area contributed by atoms with Crippen molar-refractivity contribution >= 4 is 17.8 Å². The second-order valence-electron chi connectivity index (χ2n) is 8.46. The number of likely N-dealkylation sites (N-methyl/N-ethyl adjacent to an activating group) is 1. The predicted octanol–water partition coefficient (Wildman–Crippen LogP) is 4.86. The number of carbonyl (C=O) groups is 2. The van der Waals surface area contributed by atoms with Crippen molar-refractivity contribution in [2.75, 3.05) is 18.5 Å². The SMILES string of the molecule is CC(=O)C(c1cccnc1)N(C)c1ccc(C(C)(C)C)cc1.O=CC1CCC[N-]1.[Cr]. The van der Waals surface area contributed by atoms with Gasteiger partial charge in [-0.25, -0.2) is 0 Å². The van der Waals surface area contributed by atoms with E-state index in [-0.39, 0.29) is 40.6 Å². The first-order valence-corrected chi connectivity index (χ1v) is 10.1. The molecule has 0 saturated carbocycles. The van der Waals surface area contributed by atoms with E-state index in [1.165, 1.54) is 5.56 Å². The van der Waals surface area contributed by atoms with Crippen molar-refractivity contribution in [3.8, 4) is 0 Å². The van der Waals surface area contributed by atoms with Gasteiger partial charge in [0.05, 0.1) is 0 Å². The number of aldehydes is 1. The van der Waals surface area contributed by atoms with E-state index in [1.807, 2.05) is 24.1 Å². The van der Waals surface area contributed by atoms with E-state index < -0.39 is 0 Å². The van der Waals surface area contributed by atoms with Crippen LogP contribution in [-0.2, 0) is 32.4 Å². The molecule has 0 radical (unpaired) electrons. The number of aromatic nitrogens is 1. The van der Waals surface area contributed by atoms with Crippen LogP contribution < -0.4 is 4.90 Å². The van der Waals surface area contributed by atoms with Gasteiger partial charge >= 0.3 is 0 Å². The quantitative estimate of drug-likeness (QED) is 0.615. The molecule has 2 heterocycles. The number of pyridine rings is 1. The summed E-state index contributed by atoms with van der Waals surface area (Å²) >= 11 is 0. The Morgan fingerprint density at radius 1 is 1.23 bits per heavy atom. The molecule has 6 heteroatoms. The average Bonchev–Trinajstić information content (AvgIpc) is 3.22. The minimum absolute atomic E-state index is 0. The summed E-state index contributed by atoms with van der Waals surface area (Å²) in [7, 11) is 1.95. The van der Waals surface area contributed by atoms with E-state index in [4.69, 9.17) is 0 Å². The fourth-order valence-electron chi connectivity index (χ4n) is 3.37. The molecule has 1 aliphatic rings. The standard InChI is InChI=1S/C19H24N2O.C5H8NO.Cr/c1-14(22)18(15-7-6-12-20-13-15)21(5)17-10-8-16(9-11-17)19(2,3)4;7-4-5-2-1-3-6-5;/h6-13,18H,1-5H3;4-5H,1-3H2;/q;-1;. The van der Waals surface area contributed by atoms with Crippen LogP contribution in [0, 0.1) is 0 Å². The molecule has 5 nitrogen and oxygen atoms in total. The second kappa shape index (κ2) is 12.0. The van der Waals surface area contributed by atoms with Crippen LogP contribution in [0.5, 0.6) is 0 Å². The number of benzene rings is 1. The number of nitrogens with zero attached hydrogens (tertiary/aromatic N) is 3. The smallest absolute Gasteiger partial charge is 0.156 e. The Labute approximate surface area is 191 Å². The summed E-state index contributed by atoms with van der Waals surface area (Å²) in [5, 5.41) is 3.99. The number of hydrogen-bond acceptors (Lipinski definition) is 4. The van der Waals surface area contributed by atoms with E-state index in [0.29, 0.717) is 0 Å². The molecule has 0 bridgehead atoms. The molecule has 0 amide bonds. The molecular weight excluding hydrogens is 414 g/mol. The van der Waals surface area contributed by atoms with Gasteiger partial charge in [-0.3, -0.25) is 9.78 Å². The first-order chi connectivity index (χ1) is 13.7. The Hall–Kier alpha value is -2.00. The van der Waals surface area contributed by atoms with Crippen LogP contribution in [0.25, 0.3) is 5.32 Å². The van der Waals surface area contributed by atoms with Crippen molar-refractivity contribution in [2.24, 2.45) is 0 Å². The third-order valence-corrected chi connectivity index (χ3v) is 5.09. The number of hydrogen-bond donors (Lipinski definition) is 0. The first-order valence-electron chi connectivity index (χ1n) is 10.1. The van der Waals surface area contributed by atoms with Gasteiger partial charge in [-0.15, -0.1) is 6.54 Å². The monoisotopic (exact) mass is 446 g/mol. The molecule has 1 fully saturated rings. The van der Waals surface area contributed by atoms with Crippen molar-refractivity contribution in [3.05, 3.63) is 65.2 Å². The summed E-state index contributed by atoms with van der Waals surface area (Å²) < 4.78 is 0. The summed E-state index contributed by atoms with van der Waals surface area (Å²) in [5.41, 5.74) is 3.35. The maximum atomic E-state index is 12.1. The summed E-state index contributed by atoms with van der Waals surface area (Å²) in [4.78, 5) is 28.2. The molecule has 2 unspecified atom stereocenters. The zero-order valence-corrected chi connectivity index (χ0v) is 19.8. The molecule has 0 N–H and O–H groups in total. The molecule has 162 valence electrons. The molecule has 1 aromatic heterocycles. The summed E-state index contributed by atoms with van der Waals surface area (Å²) in [6.45, 7) is 9.10. The molecule has 1 aliphatic heterocycles.